The van der Waals surface area contributed by atoms with Gasteiger partial charge in [0.2, 0.25) is 11.7 Å². The third kappa shape index (κ3) is 3.67. The molecule has 0 radical (unpaired) electrons. The second-order valence-corrected chi connectivity index (χ2v) is 4.35. The summed E-state index contributed by atoms with van der Waals surface area (Å²) >= 11 is 0. The van der Waals surface area contributed by atoms with Gasteiger partial charge in [0.1, 0.15) is 0 Å². The number of anilines is 1. The lowest BCUT2D eigenvalue weighted by Gasteiger charge is -2.08. The molecule has 7 nitrogen and oxygen atoms in total. The Morgan fingerprint density at radius 1 is 1.24 bits per heavy atom. The van der Waals surface area contributed by atoms with Gasteiger partial charge in [0.05, 0.1) is 12.0 Å². The van der Waals surface area contributed by atoms with Gasteiger partial charge >= 0.3 is 5.69 Å². The van der Waals surface area contributed by atoms with Crippen molar-refractivity contribution < 1.29 is 9.66 Å². The average molecular weight is 288 g/mol. The van der Waals surface area contributed by atoms with Crippen LogP contribution in [-0.2, 0) is 13.1 Å². The van der Waals surface area contributed by atoms with Crippen LogP contribution >= 0.6 is 0 Å². The highest BCUT2D eigenvalue weighted by Gasteiger charge is 2.16. The Bertz CT molecular complexity index is 629. The maximum Gasteiger partial charge on any atom is 0.311 e. The molecule has 2 aromatic rings. The standard InChI is InChI=1S/C14H16N4O3/c1-21-13-7-6-12(18(19)20)14(17-13)16-9-11-4-2-10(8-15)3-5-11/h2-7H,8-9,15H2,1H3,(H,16,17). The predicted octanol–water partition coefficient (Wildman–Crippen LogP) is 2.07. The average Bonchev–Trinajstić information content (AvgIpc) is 2.52. The molecule has 1 aromatic carbocycles. The van der Waals surface area contributed by atoms with Gasteiger partial charge in [-0.3, -0.25) is 10.1 Å². The molecule has 0 amide bonds. The molecule has 0 aliphatic heterocycles. The number of nitrogens with zero attached hydrogens (tertiary/aromatic N) is 2. The van der Waals surface area contributed by atoms with Crippen molar-refractivity contribution in [2.75, 3.05) is 12.4 Å². The van der Waals surface area contributed by atoms with Gasteiger partial charge in [0.15, 0.2) is 0 Å². The lowest BCUT2D eigenvalue weighted by atomic mass is 10.1. The van der Waals surface area contributed by atoms with Crippen LogP contribution in [0.5, 0.6) is 5.88 Å². The lowest BCUT2D eigenvalue weighted by Crippen LogP contribution is -2.06. The lowest BCUT2D eigenvalue weighted by molar-refractivity contribution is -0.384. The molecule has 0 aliphatic carbocycles. The van der Waals surface area contributed by atoms with E-state index in [1.807, 2.05) is 24.3 Å². The third-order valence-electron chi connectivity index (χ3n) is 2.97. The normalized spacial score (nSPS) is 10.2. The Kier molecular flexibility index (Phi) is 4.68. The van der Waals surface area contributed by atoms with Gasteiger partial charge in [-0.15, -0.1) is 0 Å². The van der Waals surface area contributed by atoms with E-state index < -0.39 is 4.92 Å². The molecule has 21 heavy (non-hydrogen) atoms. The number of hydrogen-bond acceptors (Lipinski definition) is 6. The largest absolute Gasteiger partial charge is 0.481 e. The maximum atomic E-state index is 11.0. The number of benzene rings is 1. The van der Waals surface area contributed by atoms with Crippen LogP contribution in [0.25, 0.3) is 0 Å². The first-order chi connectivity index (χ1) is 10.1. The van der Waals surface area contributed by atoms with E-state index in [1.54, 1.807) is 0 Å². The van der Waals surface area contributed by atoms with Crippen LogP contribution in [0, 0.1) is 10.1 Å². The van der Waals surface area contributed by atoms with Gasteiger partial charge in [0.25, 0.3) is 0 Å². The van der Waals surface area contributed by atoms with Crippen LogP contribution < -0.4 is 15.8 Å². The first-order valence-electron chi connectivity index (χ1n) is 6.35. The van der Waals surface area contributed by atoms with Crippen molar-refractivity contribution in [3.05, 3.63) is 57.6 Å². The molecule has 2 rings (SSSR count). The number of pyridine rings is 1. The molecular weight excluding hydrogens is 272 g/mol. The highest BCUT2D eigenvalue weighted by molar-refractivity contribution is 5.57. The molecule has 0 aliphatic rings. The Labute approximate surface area is 121 Å². The SMILES string of the molecule is COc1ccc([N+](=O)[O-])c(NCc2ccc(CN)cc2)n1. The Morgan fingerprint density at radius 2 is 1.90 bits per heavy atom. The number of nitrogens with one attached hydrogen (secondary N) is 1. The van der Waals surface area contributed by atoms with E-state index >= 15 is 0 Å². The topological polar surface area (TPSA) is 103 Å². The quantitative estimate of drug-likeness (QED) is 0.623. The van der Waals surface area contributed by atoms with Crippen LogP contribution in [0.3, 0.4) is 0 Å². The highest BCUT2D eigenvalue weighted by atomic mass is 16.6. The van der Waals surface area contributed by atoms with Gasteiger partial charge in [-0.25, -0.2) is 0 Å². The minimum Gasteiger partial charge on any atom is -0.481 e. The predicted molar refractivity (Wildman–Crippen MR) is 79.1 cm³/mol. The second-order valence-electron chi connectivity index (χ2n) is 4.35. The molecule has 0 unspecified atom stereocenters. The number of aromatic nitrogens is 1. The minimum absolute atomic E-state index is 0.0885. The molecule has 7 heteroatoms. The van der Waals surface area contributed by atoms with Crippen molar-refractivity contribution in [3.8, 4) is 5.88 Å². The summed E-state index contributed by atoms with van der Waals surface area (Å²) in [6, 6.07) is 10.5. The Balaban J connectivity index is 2.15. The van der Waals surface area contributed by atoms with Crippen molar-refractivity contribution in [2.45, 2.75) is 13.1 Å². The fourth-order valence-electron chi connectivity index (χ4n) is 1.80. The fourth-order valence-corrected chi connectivity index (χ4v) is 1.80. The van der Waals surface area contributed by atoms with Crippen molar-refractivity contribution >= 4 is 11.5 Å². The maximum absolute atomic E-state index is 11.0. The van der Waals surface area contributed by atoms with E-state index in [-0.39, 0.29) is 11.5 Å². The number of methoxy groups -OCH3 is 1. The number of hydrogen-bond donors (Lipinski definition) is 2. The zero-order chi connectivity index (χ0) is 15.2. The van der Waals surface area contributed by atoms with Gasteiger partial charge in [-0.05, 0) is 11.1 Å². The van der Waals surface area contributed by atoms with Crippen LogP contribution in [0.4, 0.5) is 11.5 Å². The van der Waals surface area contributed by atoms with E-state index in [1.165, 1.54) is 19.2 Å². The zero-order valence-electron chi connectivity index (χ0n) is 11.6. The van der Waals surface area contributed by atoms with Crippen LogP contribution in [0.1, 0.15) is 11.1 Å². The summed E-state index contributed by atoms with van der Waals surface area (Å²) in [5, 5.41) is 13.9. The molecule has 0 atom stereocenters. The molecular formula is C14H16N4O3. The molecule has 0 bridgehead atoms. The van der Waals surface area contributed by atoms with Gasteiger partial charge < -0.3 is 15.8 Å². The Morgan fingerprint density at radius 3 is 2.48 bits per heavy atom. The minimum atomic E-state index is -0.480. The van der Waals surface area contributed by atoms with Crippen molar-refractivity contribution in [2.24, 2.45) is 5.73 Å². The van der Waals surface area contributed by atoms with Crippen LogP contribution in [0.2, 0.25) is 0 Å². The molecule has 0 spiro atoms. The van der Waals surface area contributed by atoms with Gasteiger partial charge in [0, 0.05) is 25.2 Å². The van der Waals surface area contributed by atoms with Gasteiger partial charge in [-0.2, -0.15) is 4.98 Å². The number of nitro groups is 1. The zero-order valence-corrected chi connectivity index (χ0v) is 11.6. The molecule has 1 aromatic heterocycles. The molecule has 110 valence electrons. The van der Waals surface area contributed by atoms with Crippen molar-refractivity contribution in [1.29, 1.82) is 0 Å². The first kappa shape index (κ1) is 14.7. The summed E-state index contributed by atoms with van der Waals surface area (Å²) in [6.07, 6.45) is 0. The van der Waals surface area contributed by atoms with E-state index in [0.717, 1.165) is 11.1 Å². The fraction of sp³-hybridized carbons (Fsp3) is 0.214. The first-order valence-corrected chi connectivity index (χ1v) is 6.35. The second kappa shape index (κ2) is 6.67. The Hall–Kier alpha value is -2.67. The summed E-state index contributed by atoms with van der Waals surface area (Å²) in [7, 11) is 1.46. The summed E-state index contributed by atoms with van der Waals surface area (Å²) in [4.78, 5) is 14.6. The number of ether oxygens (including phenoxy) is 1. The molecule has 3 N–H and O–H groups in total. The van der Waals surface area contributed by atoms with E-state index in [4.69, 9.17) is 10.5 Å². The van der Waals surface area contributed by atoms with Crippen molar-refractivity contribution in [3.63, 3.8) is 0 Å². The summed E-state index contributed by atoms with van der Waals surface area (Å²) in [5.74, 6) is 0.504. The summed E-state index contributed by atoms with van der Waals surface area (Å²) < 4.78 is 4.98. The highest BCUT2D eigenvalue weighted by Crippen LogP contribution is 2.25. The van der Waals surface area contributed by atoms with Gasteiger partial charge in [-0.1, -0.05) is 24.3 Å². The number of nitrogens with two attached hydrogens (primary N) is 1. The van der Waals surface area contributed by atoms with Crippen molar-refractivity contribution in [1.82, 2.24) is 4.98 Å². The van der Waals surface area contributed by atoms with E-state index in [9.17, 15) is 10.1 Å². The molecule has 0 saturated heterocycles. The van der Waals surface area contributed by atoms with E-state index in [2.05, 4.69) is 10.3 Å². The molecule has 1 heterocycles. The van der Waals surface area contributed by atoms with Crippen LogP contribution in [-0.4, -0.2) is 17.0 Å². The summed E-state index contributed by atoms with van der Waals surface area (Å²) in [5.41, 5.74) is 7.46. The number of rotatable bonds is 6. The third-order valence-corrected chi connectivity index (χ3v) is 2.97. The molecule has 0 saturated carbocycles. The monoisotopic (exact) mass is 288 g/mol. The summed E-state index contributed by atoms with van der Waals surface area (Å²) in [6.45, 7) is 0.905. The smallest absolute Gasteiger partial charge is 0.311 e. The van der Waals surface area contributed by atoms with Crippen LogP contribution in [0.15, 0.2) is 36.4 Å². The van der Waals surface area contributed by atoms with E-state index in [0.29, 0.717) is 19.0 Å². The molecule has 0 fully saturated rings.